The summed E-state index contributed by atoms with van der Waals surface area (Å²) in [5.41, 5.74) is 2.32. The van der Waals surface area contributed by atoms with Crippen LogP contribution in [0.5, 0.6) is 5.88 Å². The van der Waals surface area contributed by atoms with Crippen molar-refractivity contribution in [1.29, 1.82) is 5.26 Å². The standard InChI is InChI=1S/C29H31F3N10O.3C2HF3O2/c30-29(31,32)27-38-20(15-40-10-1-11-40)12-24(39-27)43-22-4-2-21(3-5-22)41-16-28(17-41,7-8-33)42-14-19(13-37-42)25-23-6-9-34-26(23)36-18-35-25;3*3-2(4,5)1(6)7/h6,9,12-14,18,21-22H,1-5,7,10-11,15-17H2,(H,34,35,36);3*(H,6,7)/t21-,22+;;;. The topological polar surface area (TPSA) is 237 Å². The number of fused-ring (bicyclic) bond motifs is 1. The Balaban J connectivity index is 0.000000355. The average molecular weight is 935 g/mol. The fraction of sp³-hybridized carbons (Fsp3) is 0.514. The van der Waals surface area contributed by atoms with E-state index in [4.69, 9.17) is 34.4 Å². The van der Waals surface area contributed by atoms with Crippen molar-refractivity contribution in [3.8, 4) is 23.2 Å². The highest BCUT2D eigenvalue weighted by molar-refractivity contribution is 5.90. The van der Waals surface area contributed by atoms with Crippen LogP contribution in [0.25, 0.3) is 22.3 Å². The van der Waals surface area contributed by atoms with E-state index >= 15 is 0 Å². The van der Waals surface area contributed by atoms with Crippen molar-refractivity contribution in [3.63, 3.8) is 0 Å². The number of aliphatic carboxylic acids is 3. The van der Waals surface area contributed by atoms with E-state index in [0.717, 1.165) is 54.6 Å². The molecular formula is C35H34F12N10O7. The first-order chi connectivity index (χ1) is 29.6. The van der Waals surface area contributed by atoms with Crippen molar-refractivity contribution in [2.75, 3.05) is 26.2 Å². The number of hydrogen-bond donors (Lipinski definition) is 4. The fourth-order valence-electron chi connectivity index (χ4n) is 6.47. The Bertz CT molecular complexity index is 2220. The maximum Gasteiger partial charge on any atom is 0.490 e. The third-order valence-electron chi connectivity index (χ3n) is 9.62. The molecular weight excluding hydrogens is 900 g/mol. The van der Waals surface area contributed by atoms with E-state index in [1.54, 1.807) is 12.3 Å². The van der Waals surface area contributed by atoms with Gasteiger partial charge in [-0.3, -0.25) is 14.5 Å². The first kappa shape index (κ1) is 50.3. The number of carboxylic acid groups (broad SMARTS) is 3. The second kappa shape index (κ2) is 20.0. The lowest BCUT2D eigenvalue weighted by Gasteiger charge is -2.53. The summed E-state index contributed by atoms with van der Waals surface area (Å²) in [6, 6.07) is 6.14. The number of carboxylic acids is 3. The number of aromatic nitrogens is 7. The highest BCUT2D eigenvalue weighted by Gasteiger charge is 2.48. The van der Waals surface area contributed by atoms with E-state index in [9.17, 15) is 57.9 Å². The number of carbonyl (C=O) groups is 3. The molecule has 0 amide bonds. The molecule has 6 heterocycles. The number of nitriles is 1. The van der Waals surface area contributed by atoms with E-state index in [-0.39, 0.29) is 12.0 Å². The van der Waals surface area contributed by atoms with Gasteiger partial charge in [-0.25, -0.2) is 29.3 Å². The van der Waals surface area contributed by atoms with Gasteiger partial charge in [0.1, 0.15) is 23.6 Å². The number of halogens is 12. The molecule has 4 aromatic rings. The average Bonchev–Trinajstić information content (AvgIpc) is 3.85. The molecule has 4 aromatic heterocycles. The van der Waals surface area contributed by atoms with Crippen molar-refractivity contribution in [2.45, 2.75) is 87.5 Å². The number of hydrogen-bond acceptors (Lipinski definition) is 12. The van der Waals surface area contributed by atoms with Crippen molar-refractivity contribution in [1.82, 2.24) is 44.5 Å². The molecule has 1 aliphatic carbocycles. The number of rotatable bonds is 8. The third kappa shape index (κ3) is 13.6. The molecule has 2 aliphatic heterocycles. The zero-order chi connectivity index (χ0) is 47.8. The summed E-state index contributed by atoms with van der Waals surface area (Å²) in [6.07, 6.45) is -8.49. The molecule has 1 saturated carbocycles. The third-order valence-corrected chi connectivity index (χ3v) is 9.62. The molecule has 7 rings (SSSR count). The molecule has 0 radical (unpaired) electrons. The number of aromatic amines is 1. The molecule has 64 heavy (non-hydrogen) atoms. The van der Waals surface area contributed by atoms with Gasteiger partial charge in [0.25, 0.3) is 0 Å². The van der Waals surface area contributed by atoms with Crippen molar-refractivity contribution in [2.24, 2.45) is 0 Å². The summed E-state index contributed by atoms with van der Waals surface area (Å²) in [5.74, 6) is -9.43. The molecule has 4 N–H and O–H groups in total. The summed E-state index contributed by atoms with van der Waals surface area (Å²) in [4.78, 5) is 50.4. The number of likely N-dealkylation sites (tertiary alicyclic amines) is 2. The Kier molecular flexibility index (Phi) is 15.8. The van der Waals surface area contributed by atoms with Crippen molar-refractivity contribution >= 4 is 28.9 Å². The van der Waals surface area contributed by atoms with Gasteiger partial charge in [0, 0.05) is 55.1 Å². The zero-order valence-electron chi connectivity index (χ0n) is 32.4. The minimum Gasteiger partial charge on any atom is -0.475 e. The number of nitrogens with one attached hydrogen (secondary N) is 1. The van der Waals surface area contributed by atoms with Gasteiger partial charge in [-0.2, -0.15) is 68.0 Å². The SMILES string of the molecule is N#CCC1(n2cc(-c3ncnc4[nH]ccc34)cn2)CN([C@H]2CC[C@@H](Oc3cc(CN4CCC4)nc(C(F)(F)F)n3)CC2)C1.O=C(O)C(F)(F)F.O=C(O)C(F)(F)F.O=C(O)C(F)(F)F. The lowest BCUT2D eigenvalue weighted by molar-refractivity contribution is -0.193. The highest BCUT2D eigenvalue weighted by atomic mass is 19.4. The lowest BCUT2D eigenvalue weighted by atomic mass is 9.82. The Morgan fingerprint density at radius 2 is 1.42 bits per heavy atom. The Morgan fingerprint density at radius 3 is 1.91 bits per heavy atom. The summed E-state index contributed by atoms with van der Waals surface area (Å²) in [6.45, 7) is 3.47. The van der Waals surface area contributed by atoms with Gasteiger partial charge in [-0.05, 0) is 51.3 Å². The maximum absolute atomic E-state index is 13.5. The number of H-pyrrole nitrogens is 1. The predicted molar refractivity (Wildman–Crippen MR) is 190 cm³/mol. The number of nitrogens with zero attached hydrogens (tertiary/aromatic N) is 9. The van der Waals surface area contributed by atoms with E-state index in [2.05, 4.69) is 45.9 Å². The van der Waals surface area contributed by atoms with Crippen molar-refractivity contribution in [3.05, 3.63) is 48.6 Å². The molecule has 0 unspecified atom stereocenters. The van der Waals surface area contributed by atoms with Gasteiger partial charge in [0.15, 0.2) is 0 Å². The van der Waals surface area contributed by atoms with Crippen LogP contribution in [0.2, 0.25) is 0 Å². The summed E-state index contributed by atoms with van der Waals surface area (Å²) >= 11 is 0. The number of alkyl halides is 12. The monoisotopic (exact) mass is 934 g/mol. The van der Waals surface area contributed by atoms with Crippen LogP contribution in [-0.2, 0) is 32.6 Å². The fourth-order valence-corrected chi connectivity index (χ4v) is 6.47. The van der Waals surface area contributed by atoms with Crippen LogP contribution in [0, 0.1) is 11.3 Å². The van der Waals surface area contributed by atoms with Crippen LogP contribution in [0.1, 0.15) is 50.0 Å². The van der Waals surface area contributed by atoms with Crippen LogP contribution in [0.4, 0.5) is 52.7 Å². The Labute approximate surface area is 351 Å². The predicted octanol–water partition coefficient (Wildman–Crippen LogP) is 6.05. The molecule has 29 heteroatoms. The van der Waals surface area contributed by atoms with E-state index in [1.807, 2.05) is 23.1 Å². The lowest BCUT2D eigenvalue weighted by Crippen LogP contribution is -2.65. The summed E-state index contributed by atoms with van der Waals surface area (Å²) in [7, 11) is 0. The van der Waals surface area contributed by atoms with Gasteiger partial charge >= 0.3 is 42.6 Å². The van der Waals surface area contributed by atoms with Crippen LogP contribution >= 0.6 is 0 Å². The molecule has 2 saturated heterocycles. The molecule has 3 aliphatic rings. The van der Waals surface area contributed by atoms with Gasteiger partial charge in [0.2, 0.25) is 11.7 Å². The molecule has 0 atom stereocenters. The van der Waals surface area contributed by atoms with Gasteiger partial charge in [-0.1, -0.05) is 0 Å². The normalized spacial score (nSPS) is 18.9. The minimum atomic E-state index is -5.08. The molecule has 0 aromatic carbocycles. The molecule has 0 spiro atoms. The van der Waals surface area contributed by atoms with E-state index < -0.39 is 54.0 Å². The molecule has 0 bridgehead atoms. The smallest absolute Gasteiger partial charge is 0.475 e. The van der Waals surface area contributed by atoms with E-state index in [1.165, 1.54) is 6.33 Å². The van der Waals surface area contributed by atoms with Crippen molar-refractivity contribution < 1.29 is 87.1 Å². The first-order valence-electron chi connectivity index (χ1n) is 18.3. The van der Waals surface area contributed by atoms with Crippen LogP contribution in [0.3, 0.4) is 0 Å². The quantitative estimate of drug-likeness (QED) is 0.147. The van der Waals surface area contributed by atoms with Crippen LogP contribution < -0.4 is 4.74 Å². The first-order valence-corrected chi connectivity index (χ1v) is 18.3. The highest BCUT2D eigenvalue weighted by Crippen LogP contribution is 2.39. The van der Waals surface area contributed by atoms with Gasteiger partial charge in [0.05, 0.1) is 30.1 Å². The molecule has 3 fully saturated rings. The Morgan fingerprint density at radius 1 is 0.859 bits per heavy atom. The van der Waals surface area contributed by atoms with Gasteiger partial charge < -0.3 is 25.0 Å². The van der Waals surface area contributed by atoms with Crippen LogP contribution in [-0.4, -0.2) is 135 Å². The number of ether oxygens (including phenoxy) is 1. The Hall–Kier alpha value is -6.31. The van der Waals surface area contributed by atoms with Gasteiger partial charge in [-0.15, -0.1) is 0 Å². The zero-order valence-corrected chi connectivity index (χ0v) is 32.4. The van der Waals surface area contributed by atoms with Crippen LogP contribution in [0.15, 0.2) is 37.1 Å². The maximum atomic E-state index is 13.5. The summed E-state index contributed by atoms with van der Waals surface area (Å²) < 4.78 is 144. The summed E-state index contributed by atoms with van der Waals surface area (Å²) in [5, 5.41) is 36.6. The second-order valence-electron chi connectivity index (χ2n) is 14.2. The second-order valence-corrected chi connectivity index (χ2v) is 14.2. The minimum absolute atomic E-state index is 0.00613. The largest absolute Gasteiger partial charge is 0.490 e. The van der Waals surface area contributed by atoms with E-state index in [0.29, 0.717) is 50.6 Å². The molecule has 350 valence electrons. The molecule has 17 nitrogen and oxygen atoms in total.